The van der Waals surface area contributed by atoms with Gasteiger partial charge in [0.25, 0.3) is 0 Å². The van der Waals surface area contributed by atoms with Crippen LogP contribution in [0.15, 0.2) is 23.2 Å². The van der Waals surface area contributed by atoms with Gasteiger partial charge in [0.1, 0.15) is 5.15 Å². The number of piperidine rings is 1. The lowest BCUT2D eigenvalue weighted by atomic mass is 10.1. The topological polar surface area (TPSA) is 62.3 Å². The quantitative estimate of drug-likeness (QED) is 0.859. The van der Waals surface area contributed by atoms with Gasteiger partial charge in [-0.3, -0.25) is 9.59 Å². The molecule has 1 aliphatic rings. The van der Waals surface area contributed by atoms with Crippen LogP contribution in [-0.2, 0) is 9.59 Å². The Kier molecular flexibility index (Phi) is 5.87. The van der Waals surface area contributed by atoms with E-state index in [2.05, 4.69) is 10.3 Å². The van der Waals surface area contributed by atoms with Gasteiger partial charge in [-0.2, -0.15) is 0 Å². The van der Waals surface area contributed by atoms with Crippen molar-refractivity contribution in [1.29, 1.82) is 0 Å². The minimum absolute atomic E-state index is 0.0190. The van der Waals surface area contributed by atoms with Gasteiger partial charge < -0.3 is 10.2 Å². The summed E-state index contributed by atoms with van der Waals surface area (Å²) in [7, 11) is 0. The number of amides is 2. The highest BCUT2D eigenvalue weighted by atomic mass is 35.5. The van der Waals surface area contributed by atoms with Crippen LogP contribution in [0.5, 0.6) is 0 Å². The fourth-order valence-corrected chi connectivity index (χ4v) is 3.47. The van der Waals surface area contributed by atoms with Gasteiger partial charge >= 0.3 is 0 Å². The number of rotatable bonds is 4. The Morgan fingerprint density at radius 3 is 2.76 bits per heavy atom. The number of carbonyl (C=O) groups is 2. The van der Waals surface area contributed by atoms with Crippen LogP contribution in [0.3, 0.4) is 0 Å². The lowest BCUT2D eigenvalue weighted by Gasteiger charge is -2.31. The fraction of sp³-hybridized carbons (Fsp3) is 0.500. The molecule has 0 bridgehead atoms. The summed E-state index contributed by atoms with van der Waals surface area (Å²) in [6.45, 7) is 2.93. The molecule has 1 N–H and O–H groups in total. The van der Waals surface area contributed by atoms with Crippen molar-refractivity contribution in [3.8, 4) is 0 Å². The number of thioether (sulfide) groups is 1. The molecule has 0 saturated carbocycles. The van der Waals surface area contributed by atoms with Gasteiger partial charge in [0.15, 0.2) is 0 Å². The second kappa shape index (κ2) is 7.66. The minimum atomic E-state index is -0.180. The highest BCUT2D eigenvalue weighted by Gasteiger charge is 2.23. The van der Waals surface area contributed by atoms with E-state index in [1.54, 1.807) is 22.7 Å². The number of hydrogen-bond donors (Lipinski definition) is 1. The van der Waals surface area contributed by atoms with Gasteiger partial charge in [-0.1, -0.05) is 17.7 Å². The number of nitrogens with one attached hydrogen (secondary N) is 1. The Bertz CT molecular complexity index is 519. The predicted molar refractivity (Wildman–Crippen MR) is 83.4 cm³/mol. The summed E-state index contributed by atoms with van der Waals surface area (Å²) in [6.07, 6.45) is 1.84. The van der Waals surface area contributed by atoms with Crippen LogP contribution >= 0.6 is 23.4 Å². The zero-order valence-corrected chi connectivity index (χ0v) is 13.4. The van der Waals surface area contributed by atoms with E-state index in [1.165, 1.54) is 6.92 Å². The molecule has 1 aromatic heterocycles. The molecule has 2 amide bonds. The smallest absolute Gasteiger partial charge is 0.241 e. The molecule has 0 aromatic carbocycles. The van der Waals surface area contributed by atoms with Crippen molar-refractivity contribution in [3.63, 3.8) is 0 Å². The van der Waals surface area contributed by atoms with Crippen molar-refractivity contribution in [2.75, 3.05) is 19.6 Å². The average Bonchev–Trinajstić information content (AvgIpc) is 2.45. The van der Waals surface area contributed by atoms with Crippen molar-refractivity contribution in [2.45, 2.75) is 30.0 Å². The molecule has 2 heterocycles. The third-order valence-corrected chi connectivity index (χ3v) is 4.74. The Morgan fingerprint density at radius 2 is 2.14 bits per heavy atom. The summed E-state index contributed by atoms with van der Waals surface area (Å²) in [6, 6.07) is 5.60. The van der Waals surface area contributed by atoms with E-state index in [4.69, 9.17) is 11.6 Å². The number of nitrogens with zero attached hydrogens (tertiary/aromatic N) is 2. The molecule has 2 rings (SSSR count). The number of hydrogen-bond acceptors (Lipinski definition) is 4. The molecule has 1 aliphatic heterocycles. The van der Waals surface area contributed by atoms with Crippen LogP contribution in [0, 0.1) is 0 Å². The highest BCUT2D eigenvalue weighted by molar-refractivity contribution is 7.99. The standard InChI is InChI=1S/C14H18ClN3O2S/c1-10(19)16-9-14(20)18-7-5-11(6-8-18)21-13-4-2-3-12(15)17-13/h2-4,11H,5-9H2,1H3,(H,16,19). The van der Waals surface area contributed by atoms with Crippen molar-refractivity contribution >= 4 is 35.2 Å². The van der Waals surface area contributed by atoms with E-state index in [0.717, 1.165) is 31.0 Å². The molecule has 1 aromatic rings. The molecule has 7 heteroatoms. The first-order chi connectivity index (χ1) is 10.0. The summed E-state index contributed by atoms with van der Waals surface area (Å²) < 4.78 is 0. The van der Waals surface area contributed by atoms with E-state index < -0.39 is 0 Å². The van der Waals surface area contributed by atoms with Crippen molar-refractivity contribution < 1.29 is 9.59 Å². The summed E-state index contributed by atoms with van der Waals surface area (Å²) in [4.78, 5) is 28.8. The summed E-state index contributed by atoms with van der Waals surface area (Å²) in [5.41, 5.74) is 0. The first-order valence-electron chi connectivity index (χ1n) is 6.86. The maximum atomic E-state index is 11.9. The van der Waals surface area contributed by atoms with Crippen molar-refractivity contribution in [2.24, 2.45) is 0 Å². The maximum Gasteiger partial charge on any atom is 0.241 e. The lowest BCUT2D eigenvalue weighted by Crippen LogP contribution is -2.44. The normalized spacial score (nSPS) is 15.8. The SMILES string of the molecule is CC(=O)NCC(=O)N1CCC(Sc2cccc(Cl)n2)CC1. The molecular formula is C14H18ClN3O2S. The van der Waals surface area contributed by atoms with Gasteiger partial charge in [0.2, 0.25) is 11.8 Å². The van der Waals surface area contributed by atoms with Crippen LogP contribution in [0.1, 0.15) is 19.8 Å². The summed E-state index contributed by atoms with van der Waals surface area (Å²) in [5.74, 6) is -0.199. The molecule has 21 heavy (non-hydrogen) atoms. The van der Waals surface area contributed by atoms with Gasteiger partial charge in [0.05, 0.1) is 11.6 Å². The second-order valence-corrected chi connectivity index (χ2v) is 6.61. The van der Waals surface area contributed by atoms with Crippen LogP contribution in [0.4, 0.5) is 0 Å². The highest BCUT2D eigenvalue weighted by Crippen LogP contribution is 2.29. The Balaban J connectivity index is 1.78. The third kappa shape index (κ3) is 5.21. The van der Waals surface area contributed by atoms with Crippen molar-refractivity contribution in [1.82, 2.24) is 15.2 Å². The number of aromatic nitrogens is 1. The maximum absolute atomic E-state index is 11.9. The molecule has 0 atom stereocenters. The molecule has 0 aliphatic carbocycles. The molecule has 0 radical (unpaired) electrons. The molecule has 5 nitrogen and oxygen atoms in total. The third-order valence-electron chi connectivity index (χ3n) is 3.26. The first kappa shape index (κ1) is 16.1. The molecular weight excluding hydrogens is 310 g/mol. The first-order valence-corrected chi connectivity index (χ1v) is 8.12. The van der Waals surface area contributed by atoms with Gasteiger partial charge in [-0.15, -0.1) is 11.8 Å². The zero-order chi connectivity index (χ0) is 15.2. The van der Waals surface area contributed by atoms with Crippen LogP contribution in [0.2, 0.25) is 5.15 Å². The van der Waals surface area contributed by atoms with Gasteiger partial charge in [0, 0.05) is 25.3 Å². The molecule has 0 spiro atoms. The fourth-order valence-electron chi connectivity index (χ4n) is 2.16. The van der Waals surface area contributed by atoms with Gasteiger partial charge in [-0.05, 0) is 25.0 Å². The number of likely N-dealkylation sites (tertiary alicyclic amines) is 1. The number of carbonyl (C=O) groups excluding carboxylic acids is 2. The molecule has 114 valence electrons. The Labute approximate surface area is 133 Å². The van der Waals surface area contributed by atoms with Gasteiger partial charge in [-0.25, -0.2) is 4.98 Å². The largest absolute Gasteiger partial charge is 0.347 e. The monoisotopic (exact) mass is 327 g/mol. The van der Waals surface area contributed by atoms with E-state index in [0.29, 0.717) is 10.4 Å². The lowest BCUT2D eigenvalue weighted by molar-refractivity contribution is -0.133. The second-order valence-electron chi connectivity index (χ2n) is 4.91. The van der Waals surface area contributed by atoms with E-state index >= 15 is 0 Å². The van der Waals surface area contributed by atoms with Crippen LogP contribution < -0.4 is 5.32 Å². The zero-order valence-electron chi connectivity index (χ0n) is 11.8. The number of halogens is 1. The molecule has 1 fully saturated rings. The Morgan fingerprint density at radius 1 is 1.43 bits per heavy atom. The summed E-state index contributed by atoms with van der Waals surface area (Å²) >= 11 is 7.58. The van der Waals surface area contributed by atoms with Crippen LogP contribution in [-0.4, -0.2) is 46.6 Å². The minimum Gasteiger partial charge on any atom is -0.347 e. The molecule has 0 unspecified atom stereocenters. The molecule has 1 saturated heterocycles. The predicted octanol–water partition coefficient (Wildman–Crippen LogP) is 1.95. The average molecular weight is 328 g/mol. The van der Waals surface area contributed by atoms with E-state index in [1.807, 2.05) is 12.1 Å². The van der Waals surface area contributed by atoms with Crippen LogP contribution in [0.25, 0.3) is 0 Å². The Hall–Kier alpha value is -1.27. The number of pyridine rings is 1. The summed E-state index contributed by atoms with van der Waals surface area (Å²) in [5, 5.41) is 4.41. The van der Waals surface area contributed by atoms with E-state index in [9.17, 15) is 9.59 Å². The van der Waals surface area contributed by atoms with Crippen molar-refractivity contribution in [3.05, 3.63) is 23.4 Å². The van der Waals surface area contributed by atoms with E-state index in [-0.39, 0.29) is 18.4 Å².